The summed E-state index contributed by atoms with van der Waals surface area (Å²) in [7, 11) is 0. The number of anilines is 1. The molecule has 1 amide bonds. The van der Waals surface area contributed by atoms with E-state index in [4.69, 9.17) is 0 Å². The molecule has 0 aliphatic heterocycles. The minimum Gasteiger partial charge on any atom is -0.294 e. The fourth-order valence-corrected chi connectivity index (χ4v) is 3.51. The molecular formula is C18H19N5O2S. The molecule has 2 aromatic heterocycles. The predicted octanol–water partition coefficient (Wildman–Crippen LogP) is 3.11. The lowest BCUT2D eigenvalue weighted by atomic mass is 10.1. The van der Waals surface area contributed by atoms with E-state index in [9.17, 15) is 9.59 Å². The Morgan fingerprint density at radius 3 is 2.58 bits per heavy atom. The molecule has 0 atom stereocenters. The molecule has 7 nitrogen and oxygen atoms in total. The van der Waals surface area contributed by atoms with Gasteiger partial charge in [0.2, 0.25) is 5.13 Å². The first-order valence-electron chi connectivity index (χ1n) is 8.31. The molecule has 0 radical (unpaired) electrons. The second-order valence-electron chi connectivity index (χ2n) is 5.83. The van der Waals surface area contributed by atoms with Crippen LogP contribution in [0.3, 0.4) is 0 Å². The van der Waals surface area contributed by atoms with Crippen LogP contribution in [0.4, 0.5) is 5.13 Å². The summed E-state index contributed by atoms with van der Waals surface area (Å²) < 4.78 is 1.67. The third-order valence-corrected chi connectivity index (χ3v) is 4.78. The number of carbonyl (C=O) groups is 2. The number of amides is 1. The first-order chi connectivity index (χ1) is 12.5. The molecule has 134 valence electrons. The topological polar surface area (TPSA) is 89.8 Å². The lowest BCUT2D eigenvalue weighted by molar-refractivity contribution is -0.112. The maximum Gasteiger partial charge on any atom is 0.298 e. The number of rotatable bonds is 6. The van der Waals surface area contributed by atoms with Gasteiger partial charge in [-0.1, -0.05) is 36.5 Å². The third kappa shape index (κ3) is 3.55. The van der Waals surface area contributed by atoms with Crippen molar-refractivity contribution >= 4 is 28.2 Å². The monoisotopic (exact) mass is 369 g/mol. The van der Waals surface area contributed by atoms with Crippen molar-refractivity contribution in [2.75, 3.05) is 5.32 Å². The number of carbonyl (C=O) groups excluding carboxylic acids is 2. The second kappa shape index (κ2) is 7.57. The Bertz CT molecular complexity index is 946. The van der Waals surface area contributed by atoms with Crippen LogP contribution in [0.25, 0.3) is 5.69 Å². The smallest absolute Gasteiger partial charge is 0.294 e. The lowest BCUT2D eigenvalue weighted by Crippen LogP contribution is -2.24. The van der Waals surface area contributed by atoms with Gasteiger partial charge in [-0.25, -0.2) is 4.68 Å². The van der Waals surface area contributed by atoms with E-state index in [0.29, 0.717) is 22.1 Å². The van der Waals surface area contributed by atoms with Gasteiger partial charge in [0.1, 0.15) is 5.01 Å². The van der Waals surface area contributed by atoms with Crippen LogP contribution in [0, 0.1) is 13.8 Å². The van der Waals surface area contributed by atoms with Crippen molar-refractivity contribution in [2.45, 2.75) is 33.6 Å². The Balaban J connectivity index is 1.83. The Kier molecular flexibility index (Phi) is 5.22. The van der Waals surface area contributed by atoms with E-state index in [1.807, 2.05) is 37.3 Å². The standard InChI is InChI=1S/C18H19N5O2S/c1-4-8-14-20-21-18(26-14)19-17(25)16(24)15-11(2)22-23(12(15)3)13-9-6-5-7-10-13/h5-7,9-10H,4,8H2,1-3H3,(H,19,21,25). The van der Waals surface area contributed by atoms with E-state index in [2.05, 4.69) is 20.6 Å². The maximum absolute atomic E-state index is 12.7. The van der Waals surface area contributed by atoms with E-state index in [0.717, 1.165) is 23.5 Å². The number of para-hydroxylation sites is 1. The summed E-state index contributed by atoms with van der Waals surface area (Å²) in [5.41, 5.74) is 2.28. The summed E-state index contributed by atoms with van der Waals surface area (Å²) in [5.74, 6) is -1.36. The maximum atomic E-state index is 12.7. The third-order valence-electron chi connectivity index (χ3n) is 3.88. The van der Waals surface area contributed by atoms with Crippen LogP contribution in [0.15, 0.2) is 30.3 Å². The van der Waals surface area contributed by atoms with Gasteiger partial charge in [0.05, 0.1) is 22.6 Å². The second-order valence-corrected chi connectivity index (χ2v) is 6.89. The molecule has 3 rings (SSSR count). The van der Waals surface area contributed by atoms with E-state index >= 15 is 0 Å². The van der Waals surface area contributed by atoms with Gasteiger partial charge in [-0.05, 0) is 32.4 Å². The molecule has 0 fully saturated rings. The van der Waals surface area contributed by atoms with Gasteiger partial charge >= 0.3 is 0 Å². The number of hydrogen-bond donors (Lipinski definition) is 1. The van der Waals surface area contributed by atoms with Crippen molar-refractivity contribution in [2.24, 2.45) is 0 Å². The Hall–Kier alpha value is -2.87. The van der Waals surface area contributed by atoms with Gasteiger partial charge in [0.15, 0.2) is 0 Å². The van der Waals surface area contributed by atoms with Gasteiger partial charge in [-0.2, -0.15) is 5.10 Å². The first-order valence-corrected chi connectivity index (χ1v) is 9.12. The van der Waals surface area contributed by atoms with E-state index in [-0.39, 0.29) is 0 Å². The fourth-order valence-electron chi connectivity index (χ4n) is 2.68. The van der Waals surface area contributed by atoms with Crippen molar-refractivity contribution in [1.29, 1.82) is 0 Å². The summed E-state index contributed by atoms with van der Waals surface area (Å²) in [4.78, 5) is 25.0. The average molecular weight is 369 g/mol. The lowest BCUT2D eigenvalue weighted by Gasteiger charge is -2.04. The number of nitrogens with zero attached hydrogens (tertiary/aromatic N) is 4. The van der Waals surface area contributed by atoms with Gasteiger partial charge in [-0.3, -0.25) is 14.9 Å². The number of aryl methyl sites for hydroxylation is 2. The minimum atomic E-state index is -0.733. The first kappa shape index (κ1) is 17.9. The van der Waals surface area contributed by atoms with Crippen LogP contribution in [-0.4, -0.2) is 31.7 Å². The van der Waals surface area contributed by atoms with Crippen LogP contribution in [0.2, 0.25) is 0 Å². The molecule has 0 aliphatic carbocycles. The van der Waals surface area contributed by atoms with Crippen LogP contribution in [0.5, 0.6) is 0 Å². The number of ketones is 1. The quantitative estimate of drug-likeness (QED) is 0.533. The van der Waals surface area contributed by atoms with Gasteiger partial charge in [-0.15, -0.1) is 10.2 Å². The highest BCUT2D eigenvalue weighted by Crippen LogP contribution is 2.20. The largest absolute Gasteiger partial charge is 0.298 e. The molecule has 1 aromatic carbocycles. The minimum absolute atomic E-state index is 0.310. The van der Waals surface area contributed by atoms with Crippen molar-refractivity contribution in [1.82, 2.24) is 20.0 Å². The Morgan fingerprint density at radius 1 is 1.15 bits per heavy atom. The molecule has 0 unspecified atom stereocenters. The van der Waals surface area contributed by atoms with Crippen LogP contribution in [-0.2, 0) is 11.2 Å². The summed E-state index contributed by atoms with van der Waals surface area (Å²) in [6.07, 6.45) is 1.74. The molecule has 3 aromatic rings. The highest BCUT2D eigenvalue weighted by Gasteiger charge is 2.25. The Labute approximate surface area is 155 Å². The molecule has 2 heterocycles. The molecule has 0 bridgehead atoms. The summed E-state index contributed by atoms with van der Waals surface area (Å²) in [5, 5.41) is 16.0. The molecule has 1 N–H and O–H groups in total. The molecule has 0 saturated carbocycles. The zero-order chi connectivity index (χ0) is 18.7. The zero-order valence-electron chi connectivity index (χ0n) is 14.8. The molecule has 0 spiro atoms. The predicted molar refractivity (Wildman–Crippen MR) is 99.9 cm³/mol. The molecular weight excluding hydrogens is 350 g/mol. The van der Waals surface area contributed by atoms with Gasteiger partial charge in [0.25, 0.3) is 11.7 Å². The van der Waals surface area contributed by atoms with Crippen LogP contribution in [0.1, 0.15) is 40.1 Å². The number of benzene rings is 1. The van der Waals surface area contributed by atoms with E-state index in [1.165, 1.54) is 11.3 Å². The van der Waals surface area contributed by atoms with Crippen molar-refractivity contribution in [3.63, 3.8) is 0 Å². The number of nitrogens with one attached hydrogen (secondary N) is 1. The average Bonchev–Trinajstić information content (AvgIpc) is 3.19. The van der Waals surface area contributed by atoms with Gasteiger partial charge in [0, 0.05) is 6.42 Å². The fraction of sp³-hybridized carbons (Fsp3) is 0.278. The SMILES string of the molecule is CCCc1nnc(NC(=O)C(=O)c2c(C)nn(-c3ccccc3)c2C)s1. The van der Waals surface area contributed by atoms with Gasteiger partial charge < -0.3 is 0 Å². The van der Waals surface area contributed by atoms with Crippen molar-refractivity contribution in [3.05, 3.63) is 52.3 Å². The molecule has 0 saturated heterocycles. The number of aromatic nitrogens is 4. The summed E-state index contributed by atoms with van der Waals surface area (Å²) >= 11 is 1.28. The van der Waals surface area contributed by atoms with Crippen molar-refractivity contribution in [3.8, 4) is 5.69 Å². The van der Waals surface area contributed by atoms with Crippen LogP contribution < -0.4 is 5.32 Å². The van der Waals surface area contributed by atoms with E-state index < -0.39 is 11.7 Å². The van der Waals surface area contributed by atoms with Crippen molar-refractivity contribution < 1.29 is 9.59 Å². The molecule has 0 aliphatic rings. The number of Topliss-reactive ketones (excluding diaryl/α,β-unsaturated/α-hetero) is 1. The zero-order valence-corrected chi connectivity index (χ0v) is 15.6. The summed E-state index contributed by atoms with van der Waals surface area (Å²) in [6.45, 7) is 5.54. The normalized spacial score (nSPS) is 10.7. The highest BCUT2D eigenvalue weighted by molar-refractivity contribution is 7.15. The highest BCUT2D eigenvalue weighted by atomic mass is 32.1. The molecule has 8 heteroatoms. The molecule has 26 heavy (non-hydrogen) atoms. The number of hydrogen-bond acceptors (Lipinski definition) is 6. The summed E-state index contributed by atoms with van der Waals surface area (Å²) in [6, 6.07) is 9.48. The Morgan fingerprint density at radius 2 is 1.88 bits per heavy atom. The van der Waals surface area contributed by atoms with E-state index in [1.54, 1.807) is 18.5 Å². The van der Waals surface area contributed by atoms with Crippen LogP contribution >= 0.6 is 11.3 Å².